The maximum Gasteiger partial charge on any atom is 0.286 e. The lowest BCUT2D eigenvalue weighted by Gasteiger charge is -2.21. The Morgan fingerprint density at radius 2 is 2.29 bits per heavy atom. The lowest BCUT2D eigenvalue weighted by atomic mass is 10.2. The van der Waals surface area contributed by atoms with Crippen molar-refractivity contribution in [3.8, 4) is 0 Å². The minimum atomic E-state index is -0.949. The molecule has 0 saturated carbocycles. The second kappa shape index (κ2) is 5.61. The van der Waals surface area contributed by atoms with Gasteiger partial charge in [0.25, 0.3) is 5.91 Å². The van der Waals surface area contributed by atoms with Gasteiger partial charge in [0.05, 0.1) is 11.9 Å². The molecule has 0 aliphatic heterocycles. The van der Waals surface area contributed by atoms with E-state index in [1.807, 2.05) is 20.8 Å². The van der Waals surface area contributed by atoms with E-state index in [1.165, 1.54) is 4.90 Å². The average Bonchev–Trinajstić information content (AvgIpc) is 2.72. The number of hydrogen-bond acceptors (Lipinski definition) is 2. The Morgan fingerprint density at radius 1 is 1.65 bits per heavy atom. The van der Waals surface area contributed by atoms with Crippen molar-refractivity contribution in [2.75, 3.05) is 11.4 Å². The van der Waals surface area contributed by atoms with Crippen LogP contribution in [0.25, 0.3) is 0 Å². The van der Waals surface area contributed by atoms with Crippen LogP contribution in [0.15, 0.2) is 24.8 Å². The number of carbonyl (C=O) groups excluding carboxylic acids is 1. The van der Waals surface area contributed by atoms with Crippen LogP contribution in [0.1, 0.15) is 20.8 Å². The van der Waals surface area contributed by atoms with Crippen LogP contribution < -0.4 is 4.90 Å². The molecule has 0 atom stereocenters. The smallest absolute Gasteiger partial charge is 0.286 e. The molecular formula is C12H18FN3O. The molecule has 4 nitrogen and oxygen atoms in total. The predicted molar refractivity (Wildman–Crippen MR) is 65.3 cm³/mol. The van der Waals surface area contributed by atoms with Gasteiger partial charge in [-0.15, -0.1) is 0 Å². The van der Waals surface area contributed by atoms with Gasteiger partial charge < -0.3 is 4.90 Å². The van der Waals surface area contributed by atoms with Gasteiger partial charge in [-0.3, -0.25) is 9.48 Å². The second-order valence-corrected chi connectivity index (χ2v) is 4.27. The van der Waals surface area contributed by atoms with E-state index in [1.54, 1.807) is 17.1 Å². The molecule has 0 bridgehead atoms. The van der Waals surface area contributed by atoms with E-state index >= 15 is 0 Å². The number of aromatic nitrogens is 2. The van der Waals surface area contributed by atoms with Crippen molar-refractivity contribution in [1.82, 2.24) is 9.78 Å². The minimum Gasteiger partial charge on any atom is -0.303 e. The molecule has 1 aromatic rings. The minimum absolute atomic E-state index is 0.239. The van der Waals surface area contributed by atoms with Crippen molar-refractivity contribution in [2.45, 2.75) is 27.3 Å². The van der Waals surface area contributed by atoms with E-state index in [-0.39, 0.29) is 5.92 Å². The Morgan fingerprint density at radius 3 is 2.71 bits per heavy atom. The number of amides is 1. The van der Waals surface area contributed by atoms with Crippen molar-refractivity contribution in [3.63, 3.8) is 0 Å². The zero-order valence-corrected chi connectivity index (χ0v) is 10.5. The van der Waals surface area contributed by atoms with Crippen LogP contribution in [0.4, 0.5) is 10.1 Å². The summed E-state index contributed by atoms with van der Waals surface area (Å²) in [6.45, 7) is 10.1. The zero-order valence-electron chi connectivity index (χ0n) is 10.5. The second-order valence-electron chi connectivity index (χ2n) is 4.27. The van der Waals surface area contributed by atoms with E-state index in [2.05, 4.69) is 11.7 Å². The van der Waals surface area contributed by atoms with E-state index in [9.17, 15) is 9.18 Å². The molecule has 0 fully saturated rings. The molecule has 1 rings (SSSR count). The van der Waals surface area contributed by atoms with Crippen LogP contribution in [-0.4, -0.2) is 22.2 Å². The Hall–Kier alpha value is -1.65. The normalized spacial score (nSPS) is 10.6. The van der Waals surface area contributed by atoms with Crippen molar-refractivity contribution in [1.29, 1.82) is 0 Å². The summed E-state index contributed by atoms with van der Waals surface area (Å²) in [5.41, 5.74) is 0.601. The van der Waals surface area contributed by atoms with Crippen molar-refractivity contribution in [2.24, 2.45) is 5.92 Å². The number of carbonyl (C=O) groups is 1. The van der Waals surface area contributed by atoms with Gasteiger partial charge in [-0.2, -0.15) is 5.10 Å². The molecule has 0 radical (unpaired) electrons. The third kappa shape index (κ3) is 3.41. The van der Waals surface area contributed by atoms with Crippen LogP contribution in [-0.2, 0) is 11.3 Å². The third-order valence-electron chi connectivity index (χ3n) is 2.28. The molecule has 94 valence electrons. The van der Waals surface area contributed by atoms with Crippen LogP contribution in [0.5, 0.6) is 0 Å². The first kappa shape index (κ1) is 13.4. The maximum absolute atomic E-state index is 13.0. The molecule has 0 unspecified atom stereocenters. The lowest BCUT2D eigenvalue weighted by molar-refractivity contribution is -0.116. The van der Waals surface area contributed by atoms with Gasteiger partial charge in [0, 0.05) is 19.3 Å². The third-order valence-corrected chi connectivity index (χ3v) is 2.28. The number of anilines is 1. The molecule has 17 heavy (non-hydrogen) atoms. The highest BCUT2D eigenvalue weighted by atomic mass is 19.1. The first-order chi connectivity index (χ1) is 7.95. The molecule has 1 heterocycles. The predicted octanol–water partition coefficient (Wildman–Crippen LogP) is 2.38. The molecule has 1 aromatic heterocycles. The summed E-state index contributed by atoms with van der Waals surface area (Å²) in [6.07, 6.45) is 3.29. The van der Waals surface area contributed by atoms with Crippen LogP contribution in [0.2, 0.25) is 0 Å². The molecule has 0 aromatic carbocycles. The Kier molecular flexibility index (Phi) is 4.43. The summed E-state index contributed by atoms with van der Waals surface area (Å²) in [7, 11) is 0. The quantitative estimate of drug-likeness (QED) is 0.740. The SMILES string of the molecule is C=C(F)C(=O)N(CC(C)C)c1cnn(CC)c1. The molecule has 1 amide bonds. The van der Waals surface area contributed by atoms with Gasteiger partial charge in [-0.1, -0.05) is 20.4 Å². The fourth-order valence-electron chi connectivity index (χ4n) is 1.48. The van der Waals surface area contributed by atoms with E-state index < -0.39 is 11.7 Å². The summed E-state index contributed by atoms with van der Waals surface area (Å²) < 4.78 is 14.6. The summed E-state index contributed by atoms with van der Waals surface area (Å²) in [5.74, 6) is -1.41. The van der Waals surface area contributed by atoms with Crippen molar-refractivity contribution >= 4 is 11.6 Å². The molecule has 0 N–H and O–H groups in total. The topological polar surface area (TPSA) is 38.1 Å². The number of halogens is 1. The highest BCUT2D eigenvalue weighted by Gasteiger charge is 2.20. The summed E-state index contributed by atoms with van der Waals surface area (Å²) >= 11 is 0. The van der Waals surface area contributed by atoms with Crippen LogP contribution in [0, 0.1) is 5.92 Å². The fourth-order valence-corrected chi connectivity index (χ4v) is 1.48. The standard InChI is InChI=1S/C12H18FN3O/c1-5-15-8-11(6-14-15)16(7-9(2)3)12(17)10(4)13/h6,8-9H,4-5,7H2,1-3H3. The van der Waals surface area contributed by atoms with Gasteiger partial charge in [-0.25, -0.2) is 4.39 Å². The Bertz CT molecular complexity index is 412. The number of rotatable bonds is 5. The van der Waals surface area contributed by atoms with Crippen molar-refractivity contribution < 1.29 is 9.18 Å². The van der Waals surface area contributed by atoms with E-state index in [4.69, 9.17) is 0 Å². The summed E-state index contributed by atoms with van der Waals surface area (Å²) in [6, 6.07) is 0. The summed E-state index contributed by atoms with van der Waals surface area (Å²) in [4.78, 5) is 13.1. The van der Waals surface area contributed by atoms with Gasteiger partial charge in [0.15, 0.2) is 5.83 Å². The number of aryl methyl sites for hydroxylation is 1. The van der Waals surface area contributed by atoms with E-state index in [0.29, 0.717) is 18.8 Å². The van der Waals surface area contributed by atoms with Gasteiger partial charge in [-0.05, 0) is 12.8 Å². The highest BCUT2D eigenvalue weighted by molar-refractivity contribution is 6.03. The first-order valence-corrected chi connectivity index (χ1v) is 5.64. The van der Waals surface area contributed by atoms with Gasteiger partial charge in [0.2, 0.25) is 0 Å². The number of nitrogens with zero attached hydrogens (tertiary/aromatic N) is 3. The Balaban J connectivity index is 2.97. The fraction of sp³-hybridized carbons (Fsp3) is 0.500. The highest BCUT2D eigenvalue weighted by Crippen LogP contribution is 2.17. The molecule has 0 aliphatic carbocycles. The maximum atomic E-state index is 13.0. The zero-order chi connectivity index (χ0) is 13.0. The first-order valence-electron chi connectivity index (χ1n) is 5.64. The molecular weight excluding hydrogens is 221 g/mol. The van der Waals surface area contributed by atoms with E-state index in [0.717, 1.165) is 0 Å². The van der Waals surface area contributed by atoms with Crippen LogP contribution in [0.3, 0.4) is 0 Å². The van der Waals surface area contributed by atoms with Crippen LogP contribution >= 0.6 is 0 Å². The average molecular weight is 239 g/mol. The monoisotopic (exact) mass is 239 g/mol. The lowest BCUT2D eigenvalue weighted by Crippen LogP contribution is -2.34. The molecule has 5 heteroatoms. The van der Waals surface area contributed by atoms with Gasteiger partial charge >= 0.3 is 0 Å². The molecule has 0 saturated heterocycles. The number of hydrogen-bond donors (Lipinski definition) is 0. The molecule has 0 aliphatic rings. The van der Waals surface area contributed by atoms with Crippen molar-refractivity contribution in [3.05, 3.63) is 24.8 Å². The molecule has 0 spiro atoms. The largest absolute Gasteiger partial charge is 0.303 e. The summed E-state index contributed by atoms with van der Waals surface area (Å²) in [5, 5.41) is 4.08. The van der Waals surface area contributed by atoms with Gasteiger partial charge in [0.1, 0.15) is 0 Å². The Labute approximate surface area is 101 Å².